The maximum atomic E-state index is 12.2. The van der Waals surface area contributed by atoms with Crippen molar-refractivity contribution in [2.24, 2.45) is 0 Å². The van der Waals surface area contributed by atoms with Gasteiger partial charge in [0.05, 0.1) is 23.9 Å². The first kappa shape index (κ1) is 16.4. The van der Waals surface area contributed by atoms with Crippen LogP contribution in [0.15, 0.2) is 60.7 Å². The van der Waals surface area contributed by atoms with Gasteiger partial charge in [-0.2, -0.15) is 0 Å². The largest absolute Gasteiger partial charge is 0.497 e. The van der Waals surface area contributed by atoms with Crippen LogP contribution in [0.1, 0.15) is 11.3 Å². The Hall–Kier alpha value is -3.47. The number of hydrogen-bond donors (Lipinski definition) is 1. The molecule has 0 aliphatic rings. The van der Waals surface area contributed by atoms with Crippen LogP contribution in [-0.2, 0) is 9.59 Å². The maximum Gasteiger partial charge on any atom is 0.377 e. The van der Waals surface area contributed by atoms with Gasteiger partial charge in [-0.05, 0) is 35.9 Å². The summed E-state index contributed by atoms with van der Waals surface area (Å²) in [5.41, 5.74) is 1.73. The third-order valence-electron chi connectivity index (χ3n) is 3.74. The number of aromatic nitrogens is 1. The van der Waals surface area contributed by atoms with Gasteiger partial charge in [-0.3, -0.25) is 4.79 Å². The summed E-state index contributed by atoms with van der Waals surface area (Å²) in [5, 5.41) is 10.1. The zero-order valence-corrected chi connectivity index (χ0v) is 13.5. The van der Waals surface area contributed by atoms with E-state index in [4.69, 9.17) is 9.84 Å². The Labute approximate surface area is 144 Å². The number of fused-ring (bicyclic) bond motifs is 1. The van der Waals surface area contributed by atoms with Gasteiger partial charge in [0.15, 0.2) is 0 Å². The highest BCUT2D eigenvalue weighted by Crippen LogP contribution is 2.22. The molecule has 0 bridgehead atoms. The summed E-state index contributed by atoms with van der Waals surface area (Å²) in [6.07, 6.45) is 1.52. The van der Waals surface area contributed by atoms with Gasteiger partial charge in [-0.15, -0.1) is 0 Å². The van der Waals surface area contributed by atoms with E-state index in [0.717, 1.165) is 5.39 Å². The first-order valence-corrected chi connectivity index (χ1v) is 7.58. The fourth-order valence-corrected chi connectivity index (χ4v) is 2.45. The summed E-state index contributed by atoms with van der Waals surface area (Å²) in [6.45, 7) is 0. The minimum Gasteiger partial charge on any atom is -0.497 e. The van der Waals surface area contributed by atoms with E-state index in [2.05, 4.69) is 4.98 Å². The molecule has 0 unspecified atom stereocenters. The Morgan fingerprint density at radius 1 is 1.00 bits per heavy atom. The van der Waals surface area contributed by atoms with Crippen molar-refractivity contribution >= 4 is 34.3 Å². The van der Waals surface area contributed by atoms with Crippen LogP contribution < -0.4 is 4.74 Å². The molecule has 0 aliphatic heterocycles. The van der Waals surface area contributed by atoms with Crippen molar-refractivity contribution in [3.8, 4) is 5.75 Å². The predicted molar refractivity (Wildman–Crippen MR) is 95.3 cm³/mol. The zero-order chi connectivity index (χ0) is 17.8. The molecule has 1 heterocycles. The van der Waals surface area contributed by atoms with Gasteiger partial charge in [0.25, 0.3) is 5.78 Å². The van der Waals surface area contributed by atoms with Crippen LogP contribution in [0.25, 0.3) is 22.6 Å². The number of benzene rings is 2. The summed E-state index contributed by atoms with van der Waals surface area (Å²) in [4.78, 5) is 27.8. The molecule has 0 aliphatic carbocycles. The second kappa shape index (κ2) is 6.97. The van der Waals surface area contributed by atoms with Crippen LogP contribution in [0, 0.1) is 0 Å². The van der Waals surface area contributed by atoms with E-state index in [1.807, 2.05) is 30.3 Å². The molecule has 3 rings (SSSR count). The highest BCUT2D eigenvalue weighted by Gasteiger charge is 2.21. The van der Waals surface area contributed by atoms with Crippen molar-refractivity contribution in [2.75, 3.05) is 7.11 Å². The van der Waals surface area contributed by atoms with Gasteiger partial charge in [-0.1, -0.05) is 36.4 Å². The van der Waals surface area contributed by atoms with Crippen molar-refractivity contribution in [3.63, 3.8) is 0 Å². The number of nitrogens with zero attached hydrogens (tertiary/aromatic N) is 1. The van der Waals surface area contributed by atoms with E-state index < -0.39 is 11.8 Å². The van der Waals surface area contributed by atoms with Crippen molar-refractivity contribution in [1.82, 2.24) is 4.98 Å². The molecule has 3 aromatic rings. The van der Waals surface area contributed by atoms with E-state index in [0.29, 0.717) is 22.5 Å². The number of ether oxygens (including phenoxy) is 1. The third-order valence-corrected chi connectivity index (χ3v) is 3.74. The Morgan fingerprint density at radius 2 is 1.72 bits per heavy atom. The molecular formula is C20H15NO4. The van der Waals surface area contributed by atoms with E-state index in [-0.39, 0.29) is 5.57 Å². The number of hydrogen-bond acceptors (Lipinski definition) is 4. The summed E-state index contributed by atoms with van der Waals surface area (Å²) in [6, 6.07) is 17.9. The maximum absolute atomic E-state index is 12.2. The summed E-state index contributed by atoms with van der Waals surface area (Å²) < 4.78 is 5.10. The number of rotatable bonds is 5. The molecule has 0 radical (unpaired) electrons. The van der Waals surface area contributed by atoms with Gasteiger partial charge in [0.1, 0.15) is 5.75 Å². The molecule has 124 valence electrons. The number of carbonyl (C=O) groups excluding carboxylic acids is 1. The van der Waals surface area contributed by atoms with Crippen LogP contribution in [-0.4, -0.2) is 29.0 Å². The highest BCUT2D eigenvalue weighted by atomic mass is 16.5. The first-order valence-electron chi connectivity index (χ1n) is 7.58. The van der Waals surface area contributed by atoms with Crippen molar-refractivity contribution in [2.45, 2.75) is 0 Å². The molecule has 0 saturated heterocycles. The van der Waals surface area contributed by atoms with Gasteiger partial charge in [0.2, 0.25) is 0 Å². The summed E-state index contributed by atoms with van der Waals surface area (Å²) in [7, 11) is 1.56. The number of carboxylic acids is 1. The second-order valence-corrected chi connectivity index (χ2v) is 5.35. The third kappa shape index (κ3) is 3.55. The standard InChI is InChI=1S/C20H15NO4/c1-25-15-9-6-13(7-10-15)12-16(19(22)20(23)24)18-11-8-14-4-2-3-5-17(14)21-18/h2-12H,1H3,(H,23,24)/b16-12-. The van der Waals surface area contributed by atoms with Crippen LogP contribution in [0.2, 0.25) is 0 Å². The number of ketones is 1. The Bertz CT molecular complexity index is 974. The van der Waals surface area contributed by atoms with Gasteiger partial charge in [-0.25, -0.2) is 9.78 Å². The lowest BCUT2D eigenvalue weighted by Crippen LogP contribution is -2.15. The van der Waals surface area contributed by atoms with Crippen molar-refractivity contribution in [3.05, 3.63) is 71.9 Å². The molecule has 0 spiro atoms. The molecule has 1 N–H and O–H groups in total. The first-order chi connectivity index (χ1) is 12.1. The van der Waals surface area contributed by atoms with Crippen LogP contribution in [0.5, 0.6) is 5.75 Å². The number of carboxylic acid groups (broad SMARTS) is 1. The van der Waals surface area contributed by atoms with E-state index in [1.165, 1.54) is 6.08 Å². The van der Waals surface area contributed by atoms with Crippen molar-refractivity contribution < 1.29 is 19.4 Å². The number of para-hydroxylation sites is 1. The van der Waals surface area contributed by atoms with Gasteiger partial charge in [0, 0.05) is 5.39 Å². The van der Waals surface area contributed by atoms with E-state index >= 15 is 0 Å². The number of aliphatic carboxylic acids is 1. The highest BCUT2D eigenvalue weighted by molar-refractivity contribution is 6.52. The predicted octanol–water partition coefficient (Wildman–Crippen LogP) is 3.44. The fraction of sp³-hybridized carbons (Fsp3) is 0.0500. The average Bonchev–Trinajstić information content (AvgIpc) is 2.65. The van der Waals surface area contributed by atoms with Crippen molar-refractivity contribution in [1.29, 1.82) is 0 Å². The molecule has 25 heavy (non-hydrogen) atoms. The van der Waals surface area contributed by atoms with Crippen LogP contribution in [0.3, 0.4) is 0 Å². The molecule has 5 heteroatoms. The number of Topliss-reactive ketones (excluding diaryl/α,β-unsaturated/α-hetero) is 1. The Kier molecular flexibility index (Phi) is 4.57. The smallest absolute Gasteiger partial charge is 0.377 e. The minimum atomic E-state index is -1.52. The molecule has 5 nitrogen and oxygen atoms in total. The normalized spacial score (nSPS) is 11.3. The molecule has 2 aromatic carbocycles. The fourth-order valence-electron chi connectivity index (χ4n) is 2.45. The second-order valence-electron chi connectivity index (χ2n) is 5.35. The number of carbonyl (C=O) groups is 2. The molecule has 0 atom stereocenters. The lowest BCUT2D eigenvalue weighted by atomic mass is 10.0. The lowest BCUT2D eigenvalue weighted by Gasteiger charge is -2.06. The number of pyridine rings is 1. The molecule has 0 amide bonds. The van der Waals surface area contributed by atoms with Crippen LogP contribution >= 0.6 is 0 Å². The monoisotopic (exact) mass is 333 g/mol. The Balaban J connectivity index is 2.11. The van der Waals surface area contributed by atoms with Crippen LogP contribution in [0.4, 0.5) is 0 Å². The lowest BCUT2D eigenvalue weighted by molar-refractivity contribution is -0.146. The molecule has 0 fully saturated rings. The van der Waals surface area contributed by atoms with Gasteiger partial charge >= 0.3 is 5.97 Å². The topological polar surface area (TPSA) is 76.5 Å². The Morgan fingerprint density at radius 3 is 2.40 bits per heavy atom. The molecular weight excluding hydrogens is 318 g/mol. The van der Waals surface area contributed by atoms with E-state index in [9.17, 15) is 9.59 Å². The zero-order valence-electron chi connectivity index (χ0n) is 13.5. The minimum absolute atomic E-state index is 0.0309. The average molecular weight is 333 g/mol. The number of methoxy groups -OCH3 is 1. The van der Waals surface area contributed by atoms with E-state index in [1.54, 1.807) is 37.4 Å². The quantitative estimate of drug-likeness (QED) is 0.572. The SMILES string of the molecule is COc1ccc(/C=C(\C(=O)C(=O)O)c2ccc3ccccc3n2)cc1. The molecule has 0 saturated carbocycles. The summed E-state index contributed by atoms with van der Waals surface area (Å²) in [5.74, 6) is -1.85. The molecule has 1 aromatic heterocycles. The van der Waals surface area contributed by atoms with Gasteiger partial charge < -0.3 is 9.84 Å². The summed E-state index contributed by atoms with van der Waals surface area (Å²) >= 11 is 0.